The molecule has 0 aromatic heterocycles. The lowest BCUT2D eigenvalue weighted by atomic mass is 10.1. The molecule has 1 saturated heterocycles. The van der Waals surface area contributed by atoms with E-state index in [4.69, 9.17) is 4.74 Å². The molecule has 1 N–H and O–H groups in total. The molecule has 0 radical (unpaired) electrons. The van der Waals surface area contributed by atoms with Crippen molar-refractivity contribution >= 4 is 15.9 Å². The first-order valence-electron chi connectivity index (χ1n) is 11.1. The molecule has 174 valence electrons. The molecule has 2 aromatic rings. The second kappa shape index (κ2) is 12.0. The molecule has 1 heterocycles. The maximum absolute atomic E-state index is 13.0. The van der Waals surface area contributed by atoms with Gasteiger partial charge < -0.3 is 15.0 Å². The molecular weight excluding hydrogens is 426 g/mol. The highest BCUT2D eigenvalue weighted by molar-refractivity contribution is 7.89. The Balaban J connectivity index is 1.61. The van der Waals surface area contributed by atoms with Gasteiger partial charge in [-0.05, 0) is 36.1 Å². The van der Waals surface area contributed by atoms with Crippen molar-refractivity contribution < 1.29 is 17.9 Å². The number of hydrogen-bond acceptors (Lipinski definition) is 5. The van der Waals surface area contributed by atoms with Crippen LogP contribution in [0.5, 0.6) is 5.75 Å². The molecular formula is C24H33N3O4S. The molecule has 3 rings (SSSR count). The van der Waals surface area contributed by atoms with Gasteiger partial charge in [-0.25, -0.2) is 8.42 Å². The van der Waals surface area contributed by atoms with Crippen molar-refractivity contribution in [3.8, 4) is 5.75 Å². The summed E-state index contributed by atoms with van der Waals surface area (Å²) >= 11 is 0. The zero-order valence-corrected chi connectivity index (χ0v) is 19.5. The standard InChI is InChI=1S/C24H33N3O4S/c1-31-23-10-7-22(8-11-23)9-12-24(28)26(16-13-21-5-3-2-4-6-21)19-20-32(29,30)27-17-14-25-15-18-27/h2-8,10-11,25H,9,12-20H2,1H3. The monoisotopic (exact) mass is 459 g/mol. The summed E-state index contributed by atoms with van der Waals surface area (Å²) in [5.41, 5.74) is 2.18. The number of nitrogens with one attached hydrogen (secondary N) is 1. The number of piperazine rings is 1. The Bertz CT molecular complexity index is 943. The van der Waals surface area contributed by atoms with Crippen molar-refractivity contribution in [1.82, 2.24) is 14.5 Å². The van der Waals surface area contributed by atoms with Gasteiger partial charge in [0.2, 0.25) is 15.9 Å². The second-order valence-electron chi connectivity index (χ2n) is 7.93. The number of nitrogens with zero attached hydrogens (tertiary/aromatic N) is 2. The molecule has 0 saturated carbocycles. The first-order chi connectivity index (χ1) is 15.5. The SMILES string of the molecule is COc1ccc(CCC(=O)N(CCc2ccccc2)CCS(=O)(=O)N2CCNCC2)cc1. The van der Waals surface area contributed by atoms with Crippen molar-refractivity contribution in [3.63, 3.8) is 0 Å². The van der Waals surface area contributed by atoms with E-state index in [1.54, 1.807) is 12.0 Å². The fourth-order valence-corrected chi connectivity index (χ4v) is 5.20. The number of hydrogen-bond donors (Lipinski definition) is 1. The van der Waals surface area contributed by atoms with Crippen LogP contribution in [0.3, 0.4) is 0 Å². The van der Waals surface area contributed by atoms with Crippen LogP contribution in [-0.4, -0.2) is 75.7 Å². The highest BCUT2D eigenvalue weighted by atomic mass is 32.2. The van der Waals surface area contributed by atoms with Gasteiger partial charge in [-0.2, -0.15) is 4.31 Å². The lowest BCUT2D eigenvalue weighted by Gasteiger charge is -2.28. The number of amides is 1. The van der Waals surface area contributed by atoms with Crippen molar-refractivity contribution in [2.45, 2.75) is 19.3 Å². The Kier molecular flexibility index (Phi) is 9.08. The van der Waals surface area contributed by atoms with Gasteiger partial charge in [0.25, 0.3) is 0 Å². The molecule has 2 aromatic carbocycles. The number of rotatable bonds is 11. The van der Waals surface area contributed by atoms with Crippen LogP contribution in [0.25, 0.3) is 0 Å². The predicted octanol–water partition coefficient (Wildman–Crippen LogP) is 1.93. The van der Waals surface area contributed by atoms with Crippen molar-refractivity contribution in [2.75, 3.05) is 52.1 Å². The van der Waals surface area contributed by atoms with Gasteiger partial charge >= 0.3 is 0 Å². The van der Waals surface area contributed by atoms with Crippen LogP contribution in [0.15, 0.2) is 54.6 Å². The smallest absolute Gasteiger partial charge is 0.222 e. The number of carbonyl (C=O) groups excluding carboxylic acids is 1. The van der Waals surface area contributed by atoms with Crippen LogP contribution in [0.4, 0.5) is 0 Å². The third-order valence-electron chi connectivity index (χ3n) is 5.74. The van der Waals surface area contributed by atoms with E-state index in [9.17, 15) is 13.2 Å². The summed E-state index contributed by atoms with van der Waals surface area (Å²) < 4.78 is 32.3. The average Bonchev–Trinajstić information content (AvgIpc) is 2.84. The lowest BCUT2D eigenvalue weighted by Crippen LogP contribution is -2.48. The van der Waals surface area contributed by atoms with Gasteiger partial charge in [0.1, 0.15) is 5.75 Å². The second-order valence-corrected chi connectivity index (χ2v) is 10.0. The summed E-state index contributed by atoms with van der Waals surface area (Å²) in [6.45, 7) is 3.01. The minimum atomic E-state index is -3.38. The summed E-state index contributed by atoms with van der Waals surface area (Å²) in [7, 11) is -1.76. The molecule has 1 aliphatic rings. The van der Waals surface area contributed by atoms with Crippen LogP contribution in [0.1, 0.15) is 17.5 Å². The van der Waals surface area contributed by atoms with Crippen LogP contribution in [-0.2, 0) is 27.7 Å². The molecule has 32 heavy (non-hydrogen) atoms. The van der Waals surface area contributed by atoms with Gasteiger partial charge in [0.05, 0.1) is 12.9 Å². The zero-order valence-electron chi connectivity index (χ0n) is 18.7. The van der Waals surface area contributed by atoms with Crippen LogP contribution >= 0.6 is 0 Å². The molecule has 1 aliphatic heterocycles. The van der Waals surface area contributed by atoms with E-state index in [0.29, 0.717) is 52.0 Å². The third-order valence-corrected chi connectivity index (χ3v) is 7.59. The first-order valence-corrected chi connectivity index (χ1v) is 12.7. The fraction of sp³-hybridized carbons (Fsp3) is 0.458. The topological polar surface area (TPSA) is 79.0 Å². The summed E-state index contributed by atoms with van der Waals surface area (Å²) in [6.07, 6.45) is 1.65. The third kappa shape index (κ3) is 7.32. The highest BCUT2D eigenvalue weighted by Crippen LogP contribution is 2.14. The summed E-state index contributed by atoms with van der Waals surface area (Å²) in [6, 6.07) is 17.6. The fourth-order valence-electron chi connectivity index (χ4n) is 3.75. The normalized spacial score (nSPS) is 14.8. The van der Waals surface area contributed by atoms with E-state index in [-0.39, 0.29) is 18.2 Å². The molecule has 0 bridgehead atoms. The Morgan fingerprint density at radius 3 is 2.28 bits per heavy atom. The molecule has 0 atom stereocenters. The largest absolute Gasteiger partial charge is 0.497 e. The van der Waals surface area contributed by atoms with Gasteiger partial charge in [-0.3, -0.25) is 4.79 Å². The van der Waals surface area contributed by atoms with E-state index < -0.39 is 10.0 Å². The minimum Gasteiger partial charge on any atom is -0.497 e. The molecule has 7 nitrogen and oxygen atoms in total. The van der Waals surface area contributed by atoms with Gasteiger partial charge in [-0.1, -0.05) is 42.5 Å². The van der Waals surface area contributed by atoms with E-state index in [1.165, 1.54) is 4.31 Å². The number of ether oxygens (including phenoxy) is 1. The van der Waals surface area contributed by atoms with E-state index >= 15 is 0 Å². The van der Waals surface area contributed by atoms with Crippen LogP contribution in [0, 0.1) is 0 Å². The van der Waals surface area contributed by atoms with Crippen molar-refractivity contribution in [2.24, 2.45) is 0 Å². The molecule has 1 amide bonds. The number of carbonyl (C=O) groups is 1. The molecule has 1 fully saturated rings. The molecule has 0 aliphatic carbocycles. The number of sulfonamides is 1. The zero-order chi connectivity index (χ0) is 22.8. The number of benzene rings is 2. The van der Waals surface area contributed by atoms with Gasteiger partial charge in [0, 0.05) is 45.7 Å². The quantitative estimate of drug-likeness (QED) is 0.556. The Morgan fingerprint density at radius 2 is 1.62 bits per heavy atom. The first kappa shape index (κ1) is 24.2. The Morgan fingerprint density at radius 1 is 0.969 bits per heavy atom. The number of methoxy groups -OCH3 is 1. The minimum absolute atomic E-state index is 0.0211. The van der Waals surface area contributed by atoms with Crippen LogP contribution in [0.2, 0.25) is 0 Å². The van der Waals surface area contributed by atoms with Crippen molar-refractivity contribution in [1.29, 1.82) is 0 Å². The van der Waals surface area contributed by atoms with Crippen LogP contribution < -0.4 is 10.1 Å². The molecule has 0 unspecified atom stereocenters. The average molecular weight is 460 g/mol. The van der Waals surface area contributed by atoms with Gasteiger partial charge in [-0.15, -0.1) is 0 Å². The predicted molar refractivity (Wildman–Crippen MR) is 126 cm³/mol. The van der Waals surface area contributed by atoms with Gasteiger partial charge in [0.15, 0.2) is 0 Å². The van der Waals surface area contributed by atoms with Crippen molar-refractivity contribution in [3.05, 3.63) is 65.7 Å². The maximum Gasteiger partial charge on any atom is 0.222 e. The van der Waals surface area contributed by atoms with E-state index in [2.05, 4.69) is 5.32 Å². The summed E-state index contributed by atoms with van der Waals surface area (Å²) in [5, 5.41) is 3.17. The van der Waals surface area contributed by atoms with E-state index in [1.807, 2.05) is 54.6 Å². The highest BCUT2D eigenvalue weighted by Gasteiger charge is 2.25. The summed E-state index contributed by atoms with van der Waals surface area (Å²) in [5.74, 6) is 0.714. The Hall–Kier alpha value is -2.42. The molecule has 0 spiro atoms. The number of aryl methyl sites for hydroxylation is 1. The molecule has 8 heteroatoms. The van der Waals surface area contributed by atoms with E-state index in [0.717, 1.165) is 16.9 Å². The lowest BCUT2D eigenvalue weighted by molar-refractivity contribution is -0.130. The maximum atomic E-state index is 13.0. The Labute approximate surface area is 191 Å². The summed E-state index contributed by atoms with van der Waals surface area (Å²) in [4.78, 5) is 14.7.